The number of hydrogen-bond donors (Lipinski definition) is 1. The summed E-state index contributed by atoms with van der Waals surface area (Å²) in [6.45, 7) is 7.12. The number of aromatic nitrogens is 1. The van der Waals surface area contributed by atoms with Crippen LogP contribution in [0.25, 0.3) is 17.0 Å². The molecule has 2 aromatic carbocycles. The van der Waals surface area contributed by atoms with E-state index < -0.39 is 17.5 Å². The molecule has 3 rings (SSSR count). The summed E-state index contributed by atoms with van der Waals surface area (Å²) in [5.41, 5.74) is 1.88. The third-order valence-electron chi connectivity index (χ3n) is 5.16. The molecule has 0 saturated carbocycles. The molecule has 0 bridgehead atoms. The molecule has 0 fully saturated rings. The molecule has 34 heavy (non-hydrogen) atoms. The molecule has 1 aromatic heterocycles. The highest BCUT2D eigenvalue weighted by molar-refractivity contribution is 6.35. The van der Waals surface area contributed by atoms with Crippen LogP contribution in [0.4, 0.5) is 9.18 Å². The lowest BCUT2D eigenvalue weighted by Gasteiger charge is -2.19. The predicted molar refractivity (Wildman–Crippen MR) is 135 cm³/mol. The lowest BCUT2D eigenvalue weighted by Crippen LogP contribution is -2.36. The molecule has 0 aliphatic carbocycles. The van der Waals surface area contributed by atoms with Crippen molar-refractivity contribution in [2.45, 2.75) is 45.6 Å². The summed E-state index contributed by atoms with van der Waals surface area (Å²) in [5, 5.41) is 3.37. The first-order valence-electron chi connectivity index (χ1n) is 10.9. The topological polar surface area (TPSA) is 60.3 Å². The second kappa shape index (κ2) is 10.6. The Balaban J connectivity index is 1.73. The van der Waals surface area contributed by atoms with Crippen molar-refractivity contribution in [1.29, 1.82) is 0 Å². The van der Waals surface area contributed by atoms with Crippen molar-refractivity contribution in [2.75, 3.05) is 6.54 Å². The van der Waals surface area contributed by atoms with E-state index in [2.05, 4.69) is 5.32 Å². The van der Waals surface area contributed by atoms with Gasteiger partial charge in [-0.25, -0.2) is 9.18 Å². The van der Waals surface area contributed by atoms with Gasteiger partial charge in [0.1, 0.15) is 12.1 Å². The number of alkyl carbamates (subject to hydrolysis) is 1. The van der Waals surface area contributed by atoms with Crippen LogP contribution >= 0.6 is 23.2 Å². The number of halogens is 3. The van der Waals surface area contributed by atoms with Crippen molar-refractivity contribution >= 4 is 52.2 Å². The Morgan fingerprint density at radius 2 is 1.82 bits per heavy atom. The minimum absolute atomic E-state index is 0.00272. The molecule has 180 valence electrons. The largest absolute Gasteiger partial charge is 0.444 e. The van der Waals surface area contributed by atoms with E-state index in [0.717, 1.165) is 28.5 Å². The molecule has 0 radical (unpaired) electrons. The molecule has 1 amide bonds. The number of fused-ring (bicyclic) bond motifs is 1. The van der Waals surface area contributed by atoms with Crippen LogP contribution in [0.15, 0.2) is 48.7 Å². The number of nitrogens with zero attached hydrogens (tertiary/aromatic N) is 1. The zero-order valence-corrected chi connectivity index (χ0v) is 21.0. The molecule has 8 heteroatoms. The Bertz CT molecular complexity index is 1220. The van der Waals surface area contributed by atoms with Crippen molar-refractivity contribution in [3.8, 4) is 0 Å². The molecule has 0 aliphatic rings. The van der Waals surface area contributed by atoms with Crippen LogP contribution in [0, 0.1) is 5.82 Å². The third-order valence-corrected chi connectivity index (χ3v) is 5.71. The second-order valence-electron chi connectivity index (χ2n) is 8.93. The lowest BCUT2D eigenvalue weighted by molar-refractivity contribution is 0.0515. The van der Waals surface area contributed by atoms with Crippen LogP contribution in [0.1, 0.15) is 56.0 Å². The van der Waals surface area contributed by atoms with Gasteiger partial charge in [0.2, 0.25) is 0 Å². The number of ether oxygens (including phenoxy) is 1. The van der Waals surface area contributed by atoms with Crippen LogP contribution < -0.4 is 5.32 Å². The first-order chi connectivity index (χ1) is 16.0. The van der Waals surface area contributed by atoms with E-state index in [0.29, 0.717) is 0 Å². The fourth-order valence-electron chi connectivity index (χ4n) is 3.53. The quantitative estimate of drug-likeness (QED) is 0.354. The standard InChI is InChI=1S/C26H27Cl2FN2O3/c1-5-17(19-13-20(27)24(29)21(28)14-19)8-6-16-7-9-22-18(12-16)10-11-31(22)23(32)15-30-25(33)34-26(2,3)4/h6-14,17H,5,15H2,1-4H3,(H,30,33)/b8-6+. The summed E-state index contributed by atoms with van der Waals surface area (Å²) in [6, 6.07) is 10.8. The van der Waals surface area contributed by atoms with Gasteiger partial charge in [0, 0.05) is 17.5 Å². The van der Waals surface area contributed by atoms with Crippen molar-refractivity contribution in [3.05, 3.63) is 75.7 Å². The monoisotopic (exact) mass is 504 g/mol. The number of allylic oxidation sites excluding steroid dienone is 1. The van der Waals surface area contributed by atoms with Gasteiger partial charge in [-0.1, -0.05) is 48.3 Å². The second-order valence-corrected chi connectivity index (χ2v) is 9.74. The van der Waals surface area contributed by atoms with Crippen molar-refractivity contribution in [2.24, 2.45) is 0 Å². The van der Waals surface area contributed by atoms with Gasteiger partial charge in [-0.15, -0.1) is 0 Å². The highest BCUT2D eigenvalue weighted by atomic mass is 35.5. The van der Waals surface area contributed by atoms with Gasteiger partial charge >= 0.3 is 6.09 Å². The van der Waals surface area contributed by atoms with Crippen LogP contribution in [-0.2, 0) is 4.74 Å². The number of hydrogen-bond acceptors (Lipinski definition) is 3. The normalized spacial score (nSPS) is 12.8. The Labute approximate surface area is 208 Å². The lowest BCUT2D eigenvalue weighted by atomic mass is 9.95. The zero-order chi connectivity index (χ0) is 25.0. The van der Waals surface area contributed by atoms with E-state index in [4.69, 9.17) is 27.9 Å². The molecular formula is C26H27Cl2FN2O3. The van der Waals surface area contributed by atoms with E-state index in [9.17, 15) is 14.0 Å². The highest BCUT2D eigenvalue weighted by Gasteiger charge is 2.18. The fraction of sp³-hybridized carbons (Fsp3) is 0.308. The Morgan fingerprint density at radius 3 is 2.44 bits per heavy atom. The Kier molecular flexibility index (Phi) is 8.05. The molecule has 1 unspecified atom stereocenters. The van der Waals surface area contributed by atoms with Crippen molar-refractivity contribution < 1.29 is 18.7 Å². The maximum absolute atomic E-state index is 13.8. The highest BCUT2D eigenvalue weighted by Crippen LogP contribution is 2.31. The van der Waals surface area contributed by atoms with Crippen LogP contribution in [0.5, 0.6) is 0 Å². The van der Waals surface area contributed by atoms with Gasteiger partial charge in [-0.2, -0.15) is 0 Å². The fourth-order valence-corrected chi connectivity index (χ4v) is 4.03. The average Bonchev–Trinajstić information content (AvgIpc) is 3.18. The summed E-state index contributed by atoms with van der Waals surface area (Å²) in [6.07, 6.45) is 5.82. The van der Waals surface area contributed by atoms with Gasteiger partial charge < -0.3 is 10.1 Å². The maximum Gasteiger partial charge on any atom is 0.408 e. The number of benzene rings is 2. The van der Waals surface area contributed by atoms with Gasteiger partial charge in [0.05, 0.1) is 15.6 Å². The maximum atomic E-state index is 13.8. The van der Waals surface area contributed by atoms with E-state index in [1.807, 2.05) is 43.3 Å². The molecule has 0 aliphatic heterocycles. The van der Waals surface area contributed by atoms with Gasteiger partial charge in [-0.05, 0) is 68.7 Å². The predicted octanol–water partition coefficient (Wildman–Crippen LogP) is 7.46. The first-order valence-corrected chi connectivity index (χ1v) is 11.7. The number of amides is 1. The summed E-state index contributed by atoms with van der Waals surface area (Å²) >= 11 is 11.9. The van der Waals surface area contributed by atoms with E-state index in [1.54, 1.807) is 39.1 Å². The minimum atomic E-state index is -0.640. The van der Waals surface area contributed by atoms with Crippen LogP contribution in [0.3, 0.4) is 0 Å². The molecule has 0 spiro atoms. The minimum Gasteiger partial charge on any atom is -0.444 e. The Hall–Kier alpha value is -2.83. The summed E-state index contributed by atoms with van der Waals surface area (Å²) in [7, 11) is 0. The molecule has 3 aromatic rings. The number of nitrogens with one attached hydrogen (secondary N) is 1. The molecule has 5 nitrogen and oxygen atoms in total. The molecule has 1 atom stereocenters. The molecular weight excluding hydrogens is 478 g/mol. The van der Waals surface area contributed by atoms with Crippen LogP contribution in [0.2, 0.25) is 10.0 Å². The third kappa shape index (κ3) is 6.39. The smallest absolute Gasteiger partial charge is 0.408 e. The molecule has 0 saturated heterocycles. The number of carbonyl (C=O) groups excluding carboxylic acids is 2. The van der Waals surface area contributed by atoms with Gasteiger partial charge in [0.15, 0.2) is 5.82 Å². The summed E-state index contributed by atoms with van der Waals surface area (Å²) in [5.74, 6) is -0.881. The van der Waals surface area contributed by atoms with E-state index in [-0.39, 0.29) is 28.4 Å². The van der Waals surface area contributed by atoms with Crippen molar-refractivity contribution in [1.82, 2.24) is 9.88 Å². The molecule has 1 heterocycles. The van der Waals surface area contributed by atoms with Gasteiger partial charge in [-0.3, -0.25) is 9.36 Å². The molecule has 1 N–H and O–H groups in total. The number of carbonyl (C=O) groups is 2. The number of rotatable bonds is 6. The van der Waals surface area contributed by atoms with Crippen LogP contribution in [-0.4, -0.2) is 28.7 Å². The zero-order valence-electron chi connectivity index (χ0n) is 19.5. The average molecular weight is 505 g/mol. The van der Waals surface area contributed by atoms with Crippen molar-refractivity contribution in [3.63, 3.8) is 0 Å². The first kappa shape index (κ1) is 25.8. The summed E-state index contributed by atoms with van der Waals surface area (Å²) in [4.78, 5) is 24.4. The van der Waals surface area contributed by atoms with Gasteiger partial charge in [0.25, 0.3) is 5.91 Å². The van der Waals surface area contributed by atoms with E-state index in [1.165, 1.54) is 4.57 Å². The Morgan fingerprint density at radius 1 is 1.15 bits per heavy atom. The van der Waals surface area contributed by atoms with E-state index >= 15 is 0 Å². The summed E-state index contributed by atoms with van der Waals surface area (Å²) < 4.78 is 20.4. The SMILES string of the molecule is CCC(/C=C/c1ccc2c(ccn2C(=O)CNC(=O)OC(C)(C)C)c1)c1cc(Cl)c(F)c(Cl)c1.